The highest BCUT2D eigenvalue weighted by molar-refractivity contribution is 6.32. The molecule has 1 saturated heterocycles. The number of nitrogens with one attached hydrogen (secondary N) is 2. The monoisotopic (exact) mass is 724 g/mol. The fourth-order valence-electron chi connectivity index (χ4n) is 8.61. The van der Waals surface area contributed by atoms with Crippen molar-refractivity contribution in [3.63, 3.8) is 0 Å². The van der Waals surface area contributed by atoms with Crippen LogP contribution < -0.4 is 5.32 Å². The maximum Gasteiger partial charge on any atom is 0.397 e. The summed E-state index contributed by atoms with van der Waals surface area (Å²) >= 11 is 6.02. The molecule has 1 amide bonds. The summed E-state index contributed by atoms with van der Waals surface area (Å²) < 4.78 is 30.0. The zero-order valence-electron chi connectivity index (χ0n) is 29.3. The van der Waals surface area contributed by atoms with Gasteiger partial charge in [-0.2, -0.15) is 0 Å². The van der Waals surface area contributed by atoms with Gasteiger partial charge < -0.3 is 39.1 Å². The topological polar surface area (TPSA) is 162 Å². The average molecular weight is 725 g/mol. The van der Waals surface area contributed by atoms with Crippen molar-refractivity contribution in [3.05, 3.63) is 82.7 Å². The van der Waals surface area contributed by atoms with Crippen LogP contribution in [0.3, 0.4) is 0 Å². The van der Waals surface area contributed by atoms with E-state index in [0.29, 0.717) is 22.7 Å². The summed E-state index contributed by atoms with van der Waals surface area (Å²) in [6, 6.07) is 10.2. The molecule has 2 bridgehead atoms. The predicted octanol–water partition coefficient (Wildman–Crippen LogP) is 4.31. The van der Waals surface area contributed by atoms with Crippen LogP contribution in [-0.4, -0.2) is 83.7 Å². The number of hydrogen-bond acceptors (Lipinski definition) is 10. The second kappa shape index (κ2) is 14.6. The summed E-state index contributed by atoms with van der Waals surface area (Å²) in [7, 11) is 1.42. The minimum atomic E-state index is -1.13. The Kier molecular flexibility index (Phi) is 10.5. The van der Waals surface area contributed by atoms with Crippen molar-refractivity contribution < 1.29 is 48.0 Å². The first-order chi connectivity index (χ1) is 24.3. The molecule has 6 rings (SSSR count). The third-order valence-electron chi connectivity index (χ3n) is 11.2. The molecule has 12 nitrogen and oxygen atoms in total. The van der Waals surface area contributed by atoms with Gasteiger partial charge in [0.2, 0.25) is 0 Å². The molecule has 13 heteroatoms. The van der Waals surface area contributed by atoms with Crippen molar-refractivity contribution in [2.45, 2.75) is 83.2 Å². The maximum atomic E-state index is 13.7. The van der Waals surface area contributed by atoms with E-state index in [1.54, 1.807) is 49.5 Å². The van der Waals surface area contributed by atoms with Crippen LogP contribution in [-0.2, 0) is 44.6 Å². The smallest absolute Gasteiger partial charge is 0.397 e. The Morgan fingerprint density at radius 2 is 1.98 bits per heavy atom. The van der Waals surface area contributed by atoms with Gasteiger partial charge in [-0.25, -0.2) is 14.4 Å². The largest absolute Gasteiger partial charge is 0.457 e. The molecule has 0 radical (unpaired) electrons. The van der Waals surface area contributed by atoms with E-state index >= 15 is 0 Å². The number of amides is 1. The number of methoxy groups -OCH3 is 1. The highest BCUT2D eigenvalue weighted by atomic mass is 35.5. The van der Waals surface area contributed by atoms with E-state index in [2.05, 4.69) is 16.4 Å². The average Bonchev–Trinajstić information content (AvgIpc) is 3.73. The number of benzene rings is 1. The van der Waals surface area contributed by atoms with Crippen LogP contribution in [0.1, 0.15) is 56.6 Å². The van der Waals surface area contributed by atoms with Crippen molar-refractivity contribution in [3.8, 4) is 0 Å². The van der Waals surface area contributed by atoms with Gasteiger partial charge in [-0.05, 0) is 62.1 Å². The molecule has 274 valence electrons. The van der Waals surface area contributed by atoms with Gasteiger partial charge >= 0.3 is 23.8 Å². The predicted molar refractivity (Wildman–Crippen MR) is 184 cm³/mol. The number of halogens is 1. The van der Waals surface area contributed by atoms with Gasteiger partial charge in [-0.1, -0.05) is 55.8 Å². The van der Waals surface area contributed by atoms with Gasteiger partial charge in [-0.15, -0.1) is 0 Å². The normalized spacial score (nSPS) is 36.0. The van der Waals surface area contributed by atoms with Gasteiger partial charge in [0.1, 0.15) is 29.6 Å². The molecule has 3 N–H and O–H groups in total. The van der Waals surface area contributed by atoms with Gasteiger partial charge in [0.05, 0.1) is 12.7 Å². The number of aromatic amines is 1. The van der Waals surface area contributed by atoms with E-state index < -0.39 is 83.1 Å². The van der Waals surface area contributed by atoms with Crippen LogP contribution in [0.2, 0.25) is 5.02 Å². The molecule has 1 aromatic carbocycles. The van der Waals surface area contributed by atoms with Crippen molar-refractivity contribution >= 4 is 35.4 Å². The minimum Gasteiger partial charge on any atom is -0.457 e. The fraction of sp³-hybridized carbons (Fsp3) is 0.526. The van der Waals surface area contributed by atoms with Crippen molar-refractivity contribution in [1.29, 1.82) is 0 Å². The Morgan fingerprint density at radius 3 is 2.69 bits per heavy atom. The first-order valence-corrected chi connectivity index (χ1v) is 17.7. The Hall–Kier alpha value is -3.97. The number of hydrogen-bond donors (Lipinski definition) is 3. The van der Waals surface area contributed by atoms with Crippen LogP contribution in [0.15, 0.2) is 66.4 Å². The molecule has 2 unspecified atom stereocenters. The number of cyclic esters (lactones) is 1. The Bertz CT molecular complexity index is 1710. The first kappa shape index (κ1) is 36.8. The zero-order valence-corrected chi connectivity index (χ0v) is 30.1. The highest BCUT2D eigenvalue weighted by Gasteiger charge is 2.69. The fourth-order valence-corrected chi connectivity index (χ4v) is 8.83. The number of esters is 3. The van der Waals surface area contributed by atoms with E-state index in [1.807, 2.05) is 32.9 Å². The molecule has 4 aliphatic rings. The van der Waals surface area contributed by atoms with Gasteiger partial charge in [0, 0.05) is 54.0 Å². The van der Waals surface area contributed by atoms with E-state index in [4.69, 9.17) is 35.3 Å². The Labute approximate surface area is 301 Å². The Morgan fingerprint density at radius 1 is 1.20 bits per heavy atom. The van der Waals surface area contributed by atoms with Crippen molar-refractivity contribution in [1.82, 2.24) is 10.3 Å². The molecule has 11 atom stereocenters. The summed E-state index contributed by atoms with van der Waals surface area (Å²) in [6.07, 6.45) is 3.80. The molecule has 1 aromatic heterocycles. The molecule has 51 heavy (non-hydrogen) atoms. The molecule has 3 heterocycles. The van der Waals surface area contributed by atoms with Crippen LogP contribution >= 0.6 is 11.6 Å². The lowest BCUT2D eigenvalue weighted by Crippen LogP contribution is -2.61. The summed E-state index contributed by atoms with van der Waals surface area (Å²) in [5.74, 6) is -4.95. The minimum absolute atomic E-state index is 0.0654. The van der Waals surface area contributed by atoms with Crippen LogP contribution in [0.5, 0.6) is 0 Å². The second-order valence-electron chi connectivity index (χ2n) is 14.3. The number of carbonyl (C=O) groups excluding carboxylic acids is 4. The molecule has 1 saturated carbocycles. The third kappa shape index (κ3) is 6.86. The molecular weight excluding hydrogens is 680 g/mol. The lowest BCUT2D eigenvalue weighted by molar-refractivity contribution is -0.180. The number of H-pyrrole nitrogens is 1. The summed E-state index contributed by atoms with van der Waals surface area (Å²) in [4.78, 5) is 55.0. The van der Waals surface area contributed by atoms with Crippen LogP contribution in [0.4, 0.5) is 0 Å². The van der Waals surface area contributed by atoms with Crippen LogP contribution in [0, 0.1) is 29.1 Å². The molecule has 2 fully saturated rings. The Balaban J connectivity index is 1.25. The second-order valence-corrected chi connectivity index (χ2v) is 14.8. The lowest BCUT2D eigenvalue weighted by Gasteiger charge is -2.55. The number of rotatable bonds is 7. The van der Waals surface area contributed by atoms with Gasteiger partial charge in [0.15, 0.2) is 6.10 Å². The lowest BCUT2D eigenvalue weighted by atomic mass is 9.51. The summed E-state index contributed by atoms with van der Waals surface area (Å²) in [5, 5.41) is 15.1. The highest BCUT2D eigenvalue weighted by Crippen LogP contribution is 2.64. The summed E-state index contributed by atoms with van der Waals surface area (Å²) in [6.45, 7) is 7.55. The number of aromatic nitrogens is 1. The van der Waals surface area contributed by atoms with E-state index in [9.17, 15) is 24.3 Å². The van der Waals surface area contributed by atoms with Crippen LogP contribution in [0.25, 0.3) is 0 Å². The zero-order chi connectivity index (χ0) is 36.7. The van der Waals surface area contributed by atoms with Crippen molar-refractivity contribution in [2.24, 2.45) is 29.1 Å². The maximum absolute atomic E-state index is 13.7. The number of aliphatic hydroxyl groups is 1. The number of ether oxygens (including phenoxy) is 5. The molecule has 2 aliphatic heterocycles. The standard InChI is InChI=1S/C38H45ClN2O10/c1-20-14-21(2)38-25(11-12-37(19-48-38)17-29(22(3)30(42)32(37)38)50-34(44)27-10-7-13-40-27)16-28(47-5)35(45)51-31(20)23(4)49-36(46)33(43)41-18-24-8-6-9-26(39)15-24/h6-15,20,22-23,25,28-32,40,42H,16-19H2,1-5H3,(H,41,43)/b21-14+/t20-,22+,23-,25-,28+,29+,30-,31+,32?,37?,38+/m1/s1. The summed E-state index contributed by atoms with van der Waals surface area (Å²) in [5.41, 5.74) is 0.191. The van der Waals surface area contributed by atoms with E-state index in [0.717, 1.165) is 5.57 Å². The van der Waals surface area contributed by atoms with E-state index in [-0.39, 0.29) is 25.5 Å². The SMILES string of the molecule is CO[C@H]1C[C@H]2C=CC34CO[C@]2(/C(C)=C/[C@@H](C)[C@@H]([C@@H](C)OC(=O)C(=O)NCc2cccc(Cl)c2)OC1=O)C3[C@H](O)[C@@H](C)[C@@H](OC(=O)c1ccc[nH]1)C4. The molecular formula is C38H45ClN2O10. The molecule has 1 spiro atoms. The first-order valence-electron chi connectivity index (χ1n) is 17.3. The number of aliphatic hydroxyl groups excluding tert-OH is 1. The van der Waals surface area contributed by atoms with Gasteiger partial charge in [0.25, 0.3) is 0 Å². The third-order valence-corrected chi connectivity index (χ3v) is 11.4. The van der Waals surface area contributed by atoms with E-state index in [1.165, 1.54) is 7.11 Å². The van der Waals surface area contributed by atoms with Gasteiger partial charge in [-0.3, -0.25) is 4.79 Å². The number of carbonyl (C=O) groups is 4. The molecule has 2 aromatic rings. The molecule has 2 aliphatic carbocycles. The quantitative estimate of drug-likeness (QED) is 0.162. The van der Waals surface area contributed by atoms with Crippen molar-refractivity contribution in [2.75, 3.05) is 13.7 Å².